The highest BCUT2D eigenvalue weighted by molar-refractivity contribution is 5.57. The first-order chi connectivity index (χ1) is 5.92. The van der Waals surface area contributed by atoms with Crippen molar-refractivity contribution in [3.63, 3.8) is 0 Å². The third kappa shape index (κ3) is 2.17. The van der Waals surface area contributed by atoms with Crippen LogP contribution in [0.25, 0.3) is 0 Å². The van der Waals surface area contributed by atoms with Crippen molar-refractivity contribution in [3.8, 4) is 0 Å². The minimum absolute atomic E-state index is 2.06. The average Bonchev–Trinajstić information content (AvgIpc) is 1.79. The monoisotopic (exact) mass is 229 g/mol. The number of alkyl halides is 7. The summed E-state index contributed by atoms with van der Waals surface area (Å²) in [6.45, 7) is 0. The molecular weight excluding hydrogens is 229 g/mol. The molecular formula is C4F7O3. The van der Waals surface area contributed by atoms with E-state index in [0.717, 1.165) is 0 Å². The molecule has 0 heterocycles. The molecule has 0 rings (SSSR count). The zero-order valence-corrected chi connectivity index (χ0v) is 5.87. The Morgan fingerprint density at radius 2 is 1.14 bits per heavy atom. The third-order valence-corrected chi connectivity index (χ3v) is 0.953. The van der Waals surface area contributed by atoms with Crippen LogP contribution in [0.1, 0.15) is 0 Å². The molecule has 0 spiro atoms. The van der Waals surface area contributed by atoms with E-state index in [4.69, 9.17) is 0 Å². The highest BCUT2D eigenvalue weighted by atomic mass is 19.4. The number of carbonyl (C=O) groups excluding carboxylic acids is 1. The van der Waals surface area contributed by atoms with E-state index in [1.165, 1.54) is 0 Å². The highest BCUT2D eigenvalue weighted by Crippen LogP contribution is 2.46. The lowest BCUT2D eigenvalue weighted by molar-refractivity contribution is -0.416. The predicted octanol–water partition coefficient (Wildman–Crippen LogP) is 2.34. The second-order valence-electron chi connectivity index (χ2n) is 1.94. The lowest BCUT2D eigenvalue weighted by Gasteiger charge is -2.27. The molecule has 0 saturated carbocycles. The molecule has 0 aliphatic rings. The molecule has 0 unspecified atom stereocenters. The van der Waals surface area contributed by atoms with Gasteiger partial charge < -0.3 is 4.74 Å². The van der Waals surface area contributed by atoms with Gasteiger partial charge in [-0.15, -0.1) is 0 Å². The number of halogens is 7. The quantitative estimate of drug-likeness (QED) is 0.511. The summed E-state index contributed by atoms with van der Waals surface area (Å²) in [5.74, 6) is -6.27. The summed E-state index contributed by atoms with van der Waals surface area (Å²) >= 11 is 0. The smallest absolute Gasteiger partial charge is 0.377 e. The van der Waals surface area contributed by atoms with E-state index in [-0.39, 0.29) is 0 Å². The Balaban J connectivity index is 5.18. The van der Waals surface area contributed by atoms with Crippen molar-refractivity contribution < 1.29 is 45.4 Å². The summed E-state index contributed by atoms with van der Waals surface area (Å²) in [5.41, 5.74) is 0. The van der Waals surface area contributed by atoms with Crippen LogP contribution in [0.4, 0.5) is 35.5 Å². The van der Waals surface area contributed by atoms with Crippen molar-refractivity contribution in [1.82, 2.24) is 0 Å². The topological polar surface area (TPSA) is 46.2 Å². The molecule has 14 heavy (non-hydrogen) atoms. The first-order valence-electron chi connectivity index (χ1n) is 2.64. The van der Waals surface area contributed by atoms with E-state index < -0.39 is 24.4 Å². The van der Waals surface area contributed by atoms with Crippen molar-refractivity contribution in [2.24, 2.45) is 0 Å². The van der Waals surface area contributed by atoms with Gasteiger partial charge in [-0.3, -0.25) is 0 Å². The average molecular weight is 229 g/mol. The minimum atomic E-state index is -6.56. The van der Waals surface area contributed by atoms with Gasteiger partial charge in [-0.25, -0.2) is 0 Å². The van der Waals surface area contributed by atoms with Crippen LogP contribution < -0.4 is 0 Å². The number of carbonyl (C=O) groups is 1. The summed E-state index contributed by atoms with van der Waals surface area (Å²) in [5, 5.41) is 9.33. The van der Waals surface area contributed by atoms with Gasteiger partial charge in [0.1, 0.15) is 0 Å². The molecule has 0 bridgehead atoms. The van der Waals surface area contributed by atoms with Crippen LogP contribution in [0.3, 0.4) is 0 Å². The fourth-order valence-corrected chi connectivity index (χ4v) is 0.391. The Labute approximate surface area is 71.1 Å². The van der Waals surface area contributed by atoms with Crippen molar-refractivity contribution in [2.75, 3.05) is 0 Å². The Bertz CT molecular complexity index is 214. The molecule has 0 atom stereocenters. The van der Waals surface area contributed by atoms with Gasteiger partial charge in [0, 0.05) is 0 Å². The van der Waals surface area contributed by atoms with E-state index in [0.29, 0.717) is 0 Å². The number of rotatable bonds is 1. The molecule has 0 aromatic carbocycles. The molecule has 3 nitrogen and oxygen atoms in total. The normalized spacial score (nSPS) is 13.9. The van der Waals surface area contributed by atoms with Crippen LogP contribution in [0.15, 0.2) is 0 Å². The second kappa shape index (κ2) is 3.17. The van der Waals surface area contributed by atoms with Crippen LogP contribution in [-0.4, -0.2) is 24.4 Å². The van der Waals surface area contributed by atoms with Gasteiger partial charge in [-0.05, 0) is 0 Å². The Kier molecular flexibility index (Phi) is 2.89. The summed E-state index contributed by atoms with van der Waals surface area (Å²) in [6, 6.07) is 0. The zero-order valence-electron chi connectivity index (χ0n) is 5.87. The number of ether oxygens (including phenoxy) is 1. The standard InChI is InChI=1S/C4F7O3/c5-2(3(6,7)8,4(9,10)11)14-1(12)13. The van der Waals surface area contributed by atoms with Gasteiger partial charge in [0.2, 0.25) is 0 Å². The predicted molar refractivity (Wildman–Crippen MR) is 23.1 cm³/mol. The minimum Gasteiger partial charge on any atom is -0.377 e. The molecule has 0 saturated heterocycles. The van der Waals surface area contributed by atoms with Gasteiger partial charge in [-0.2, -0.15) is 40.6 Å². The summed E-state index contributed by atoms with van der Waals surface area (Å²) in [4.78, 5) is 9.33. The van der Waals surface area contributed by atoms with Crippen molar-refractivity contribution in [1.29, 1.82) is 0 Å². The zero-order chi connectivity index (χ0) is 11.8. The molecule has 83 valence electrons. The summed E-state index contributed by atoms with van der Waals surface area (Å²) in [6.07, 6.45) is -16.4. The number of hydrogen-bond donors (Lipinski definition) is 0. The SMILES string of the molecule is [O]C(=O)OC(F)(C(F)(F)F)C(F)(F)F. The first-order valence-corrected chi connectivity index (χ1v) is 2.64. The molecule has 0 aromatic heterocycles. The maximum atomic E-state index is 12.2. The van der Waals surface area contributed by atoms with Gasteiger partial charge in [0.15, 0.2) is 0 Å². The van der Waals surface area contributed by atoms with Gasteiger partial charge in [0.05, 0.1) is 0 Å². The van der Waals surface area contributed by atoms with Crippen LogP contribution in [0.5, 0.6) is 0 Å². The molecule has 0 fully saturated rings. The van der Waals surface area contributed by atoms with Gasteiger partial charge >= 0.3 is 24.4 Å². The molecule has 0 aliphatic heterocycles. The largest absolute Gasteiger partial charge is 0.553 e. The highest BCUT2D eigenvalue weighted by Gasteiger charge is 2.77. The Morgan fingerprint density at radius 1 is 0.857 bits per heavy atom. The molecule has 0 aliphatic carbocycles. The van der Waals surface area contributed by atoms with E-state index in [9.17, 15) is 40.6 Å². The van der Waals surface area contributed by atoms with Crippen LogP contribution >= 0.6 is 0 Å². The fraction of sp³-hybridized carbons (Fsp3) is 0.750. The molecule has 0 N–H and O–H groups in total. The molecule has 0 amide bonds. The molecule has 10 heteroatoms. The van der Waals surface area contributed by atoms with Crippen LogP contribution in [-0.2, 0) is 9.84 Å². The lowest BCUT2D eigenvalue weighted by Crippen LogP contribution is -2.55. The number of hydrogen-bond acceptors (Lipinski definition) is 2. The molecule has 0 aromatic rings. The van der Waals surface area contributed by atoms with E-state index >= 15 is 0 Å². The van der Waals surface area contributed by atoms with Crippen LogP contribution in [0, 0.1) is 0 Å². The lowest BCUT2D eigenvalue weighted by atomic mass is 10.3. The van der Waals surface area contributed by atoms with Crippen molar-refractivity contribution in [2.45, 2.75) is 18.2 Å². The van der Waals surface area contributed by atoms with Gasteiger partial charge in [-0.1, -0.05) is 0 Å². The van der Waals surface area contributed by atoms with E-state index in [1.54, 1.807) is 0 Å². The fourth-order valence-electron chi connectivity index (χ4n) is 0.391. The first kappa shape index (κ1) is 12.8. The third-order valence-electron chi connectivity index (χ3n) is 0.953. The summed E-state index contributed by atoms with van der Waals surface area (Å²) in [7, 11) is 0. The second-order valence-corrected chi connectivity index (χ2v) is 1.94. The van der Waals surface area contributed by atoms with E-state index in [1.807, 2.05) is 0 Å². The van der Waals surface area contributed by atoms with Gasteiger partial charge in [0.25, 0.3) is 0 Å². The van der Waals surface area contributed by atoms with Crippen LogP contribution in [0.2, 0.25) is 0 Å². The van der Waals surface area contributed by atoms with E-state index in [2.05, 4.69) is 4.74 Å². The molecule has 1 radical (unpaired) electrons. The Hall–Kier alpha value is -1.22. The van der Waals surface area contributed by atoms with Crippen molar-refractivity contribution >= 4 is 6.16 Å². The Morgan fingerprint density at radius 3 is 1.21 bits per heavy atom. The maximum absolute atomic E-state index is 12.2. The summed E-state index contributed by atoms with van der Waals surface area (Å²) < 4.78 is 82.9. The van der Waals surface area contributed by atoms with Crippen molar-refractivity contribution in [3.05, 3.63) is 0 Å². The maximum Gasteiger partial charge on any atom is 0.553 e.